The van der Waals surface area contributed by atoms with Crippen LogP contribution in [0, 0.1) is 24.6 Å². The average Bonchev–Trinajstić information content (AvgIpc) is 2.90. The van der Waals surface area contributed by atoms with E-state index in [-0.39, 0.29) is 37.1 Å². The number of aromatic nitrogens is 2. The Hall–Kier alpha value is -3.78. The van der Waals surface area contributed by atoms with Gasteiger partial charge in [0.05, 0.1) is 6.54 Å². The summed E-state index contributed by atoms with van der Waals surface area (Å²) >= 11 is 0. The Balaban J connectivity index is 1.85. The summed E-state index contributed by atoms with van der Waals surface area (Å²) in [4.78, 5) is 51.9. The van der Waals surface area contributed by atoms with Crippen LogP contribution >= 0.6 is 0 Å². The van der Waals surface area contributed by atoms with Crippen molar-refractivity contribution in [3.63, 3.8) is 0 Å². The Morgan fingerprint density at radius 2 is 1.47 bits per heavy atom. The minimum Gasteiger partial charge on any atom is -0.348 e. The van der Waals surface area contributed by atoms with Crippen molar-refractivity contribution in [2.24, 2.45) is 11.8 Å². The summed E-state index contributed by atoms with van der Waals surface area (Å²) in [6.45, 7) is 2.24. The second-order valence-corrected chi connectivity index (χ2v) is 9.39. The normalized spacial score (nSPS) is 20.1. The second-order valence-electron chi connectivity index (χ2n) is 9.39. The number of hydrogen-bond acceptors (Lipinski definition) is 6. The molecule has 1 saturated heterocycles. The summed E-state index contributed by atoms with van der Waals surface area (Å²) in [6.07, 6.45) is 6.17. The van der Waals surface area contributed by atoms with Gasteiger partial charge in [-0.05, 0) is 48.4 Å². The van der Waals surface area contributed by atoms with Gasteiger partial charge in [-0.2, -0.15) is 0 Å². The van der Waals surface area contributed by atoms with E-state index in [1.807, 2.05) is 4.90 Å². The molecule has 0 saturated carbocycles. The molecule has 1 unspecified atom stereocenters. The fourth-order valence-electron chi connectivity index (χ4n) is 4.96. The Morgan fingerprint density at radius 3 is 1.94 bits per heavy atom. The van der Waals surface area contributed by atoms with E-state index in [1.54, 1.807) is 69.8 Å². The number of carbonyl (C=O) groups excluding carboxylic acids is 3. The summed E-state index contributed by atoms with van der Waals surface area (Å²) in [6, 6.07) is 11.5. The number of likely N-dealkylation sites (tertiary alicyclic amines) is 1. The lowest BCUT2D eigenvalue weighted by Gasteiger charge is -2.43. The van der Waals surface area contributed by atoms with E-state index >= 15 is 0 Å². The number of Topliss-reactive ketones (excluding diaryl/α,β-unsaturated/α-hetero) is 2. The van der Waals surface area contributed by atoms with Crippen LogP contribution in [0.4, 0.5) is 4.39 Å². The van der Waals surface area contributed by atoms with Crippen molar-refractivity contribution in [3.05, 3.63) is 95.3 Å². The number of piperidine rings is 1. The van der Waals surface area contributed by atoms with E-state index in [9.17, 15) is 18.8 Å². The SMILES string of the molecule is Cc1c(F)cccc1C1[C@@H](C(=O)c2cccnc2)CN(CC(=O)N(C)C)C[C@H]1C(=O)c1cccnc1. The maximum absolute atomic E-state index is 14.7. The van der Waals surface area contributed by atoms with Crippen LogP contribution in [0.2, 0.25) is 0 Å². The number of ketones is 2. The topological polar surface area (TPSA) is 83.5 Å². The van der Waals surface area contributed by atoms with E-state index in [2.05, 4.69) is 9.97 Å². The van der Waals surface area contributed by atoms with E-state index in [4.69, 9.17) is 0 Å². The van der Waals surface area contributed by atoms with Crippen molar-refractivity contribution in [1.82, 2.24) is 19.8 Å². The first-order valence-electron chi connectivity index (χ1n) is 11.8. The van der Waals surface area contributed by atoms with Crippen molar-refractivity contribution in [3.8, 4) is 0 Å². The molecule has 3 heterocycles. The number of nitrogens with zero attached hydrogens (tertiary/aromatic N) is 4. The molecule has 7 nitrogen and oxygen atoms in total. The zero-order valence-electron chi connectivity index (χ0n) is 20.6. The molecule has 1 amide bonds. The Morgan fingerprint density at radius 1 is 0.917 bits per heavy atom. The molecule has 0 bridgehead atoms. The lowest BCUT2D eigenvalue weighted by atomic mass is 9.68. The van der Waals surface area contributed by atoms with E-state index < -0.39 is 23.6 Å². The predicted molar refractivity (Wildman–Crippen MR) is 133 cm³/mol. The number of halogens is 1. The molecule has 0 aliphatic carbocycles. The van der Waals surface area contributed by atoms with Crippen LogP contribution in [0.15, 0.2) is 67.3 Å². The minimum atomic E-state index is -0.691. The van der Waals surface area contributed by atoms with Crippen LogP contribution in [-0.4, -0.2) is 71.0 Å². The fourth-order valence-corrected chi connectivity index (χ4v) is 4.96. The van der Waals surface area contributed by atoms with Gasteiger partial charge in [0.15, 0.2) is 11.6 Å². The van der Waals surface area contributed by atoms with Gasteiger partial charge in [-0.15, -0.1) is 0 Å². The highest BCUT2D eigenvalue weighted by atomic mass is 19.1. The van der Waals surface area contributed by atoms with Crippen LogP contribution in [0.5, 0.6) is 0 Å². The number of hydrogen-bond donors (Lipinski definition) is 0. The van der Waals surface area contributed by atoms with E-state index in [1.165, 1.54) is 23.4 Å². The minimum absolute atomic E-state index is 0.0650. The summed E-state index contributed by atoms with van der Waals surface area (Å²) < 4.78 is 14.7. The Bertz CT molecular complexity index is 1190. The van der Waals surface area contributed by atoms with Gasteiger partial charge in [-0.3, -0.25) is 29.3 Å². The molecule has 3 atom stereocenters. The Labute approximate surface area is 210 Å². The number of amides is 1. The molecule has 1 aromatic carbocycles. The summed E-state index contributed by atoms with van der Waals surface area (Å²) in [5.41, 5.74) is 1.86. The molecule has 36 heavy (non-hydrogen) atoms. The van der Waals surface area contributed by atoms with Gasteiger partial charge in [0.2, 0.25) is 5.91 Å². The number of pyridine rings is 2. The lowest BCUT2D eigenvalue weighted by Crippen LogP contribution is -2.52. The number of rotatable bonds is 7. The molecular formula is C28H29FN4O3. The quantitative estimate of drug-likeness (QED) is 0.474. The lowest BCUT2D eigenvalue weighted by molar-refractivity contribution is -0.130. The molecule has 0 spiro atoms. The molecule has 3 aromatic rings. The highest BCUT2D eigenvalue weighted by Crippen LogP contribution is 2.42. The summed E-state index contributed by atoms with van der Waals surface area (Å²) in [5.74, 6) is -2.88. The molecule has 1 aliphatic heterocycles. The highest BCUT2D eigenvalue weighted by molar-refractivity contribution is 6.02. The van der Waals surface area contributed by atoms with Gasteiger partial charge in [-0.25, -0.2) is 4.39 Å². The van der Waals surface area contributed by atoms with Crippen molar-refractivity contribution >= 4 is 17.5 Å². The first-order chi connectivity index (χ1) is 17.3. The Kier molecular flexibility index (Phi) is 7.64. The smallest absolute Gasteiger partial charge is 0.236 e. The van der Waals surface area contributed by atoms with Gasteiger partial charge >= 0.3 is 0 Å². The molecule has 186 valence electrons. The van der Waals surface area contributed by atoms with Gasteiger partial charge in [0, 0.05) is 80.9 Å². The fraction of sp³-hybridized carbons (Fsp3) is 0.321. The van der Waals surface area contributed by atoms with Gasteiger partial charge in [0.1, 0.15) is 5.82 Å². The number of carbonyl (C=O) groups is 3. The van der Waals surface area contributed by atoms with Crippen LogP contribution in [0.25, 0.3) is 0 Å². The van der Waals surface area contributed by atoms with Crippen molar-refractivity contribution in [1.29, 1.82) is 0 Å². The second kappa shape index (κ2) is 10.9. The zero-order valence-corrected chi connectivity index (χ0v) is 20.6. The van der Waals surface area contributed by atoms with Crippen molar-refractivity contribution < 1.29 is 18.8 Å². The largest absolute Gasteiger partial charge is 0.348 e. The molecule has 1 fully saturated rings. The molecule has 2 aromatic heterocycles. The number of likely N-dealkylation sites (N-methyl/N-ethyl adjacent to an activating group) is 1. The zero-order chi connectivity index (χ0) is 25.8. The van der Waals surface area contributed by atoms with E-state index in [0.29, 0.717) is 22.3 Å². The molecular weight excluding hydrogens is 459 g/mol. The average molecular weight is 489 g/mol. The molecule has 0 N–H and O–H groups in total. The maximum atomic E-state index is 14.7. The monoisotopic (exact) mass is 488 g/mol. The third-order valence-corrected chi connectivity index (χ3v) is 6.87. The molecule has 4 rings (SSSR count). The first kappa shape index (κ1) is 25.3. The van der Waals surface area contributed by atoms with Crippen LogP contribution < -0.4 is 0 Å². The van der Waals surface area contributed by atoms with Crippen molar-refractivity contribution in [2.75, 3.05) is 33.7 Å². The summed E-state index contributed by atoms with van der Waals surface area (Å²) in [5, 5.41) is 0. The van der Waals surface area contributed by atoms with Crippen LogP contribution in [-0.2, 0) is 4.79 Å². The number of benzene rings is 1. The van der Waals surface area contributed by atoms with E-state index in [0.717, 1.165) is 0 Å². The molecule has 8 heteroatoms. The third-order valence-electron chi connectivity index (χ3n) is 6.87. The maximum Gasteiger partial charge on any atom is 0.236 e. The van der Waals surface area contributed by atoms with Crippen LogP contribution in [0.1, 0.15) is 37.8 Å². The first-order valence-corrected chi connectivity index (χ1v) is 11.8. The summed E-state index contributed by atoms with van der Waals surface area (Å²) in [7, 11) is 3.34. The van der Waals surface area contributed by atoms with Crippen molar-refractivity contribution in [2.45, 2.75) is 12.8 Å². The molecule has 1 aliphatic rings. The van der Waals surface area contributed by atoms with Gasteiger partial charge in [0.25, 0.3) is 0 Å². The van der Waals surface area contributed by atoms with Gasteiger partial charge in [-0.1, -0.05) is 12.1 Å². The third kappa shape index (κ3) is 5.23. The standard InChI is InChI=1S/C28H29FN4O3/c1-18-21(9-4-10-24(18)29)26-22(27(35)19-7-5-11-30-13-19)15-33(17-25(34)32(2)3)16-23(26)28(36)20-8-6-12-31-14-20/h4-14,22-23,26H,15-17H2,1-3H3/t22-,23+,26?. The van der Waals surface area contributed by atoms with Gasteiger partial charge < -0.3 is 4.90 Å². The van der Waals surface area contributed by atoms with Crippen LogP contribution in [0.3, 0.4) is 0 Å². The molecule has 0 radical (unpaired) electrons. The highest BCUT2D eigenvalue weighted by Gasteiger charge is 2.46. The predicted octanol–water partition coefficient (Wildman–Crippen LogP) is 3.41.